The first-order valence-corrected chi connectivity index (χ1v) is 7.85. The van der Waals surface area contributed by atoms with Crippen LogP contribution in [0.3, 0.4) is 0 Å². The molecule has 0 bridgehead atoms. The van der Waals surface area contributed by atoms with Crippen molar-refractivity contribution in [1.29, 1.82) is 0 Å². The lowest BCUT2D eigenvalue weighted by molar-refractivity contribution is 0.576. The highest BCUT2D eigenvalue weighted by Crippen LogP contribution is 2.20. The number of hydrogen-bond donors (Lipinski definition) is 1. The zero-order valence-electron chi connectivity index (χ0n) is 12.3. The third-order valence-corrected chi connectivity index (χ3v) is 4.49. The molecule has 1 N–H and O–H groups in total. The van der Waals surface area contributed by atoms with E-state index in [9.17, 15) is 0 Å². The monoisotopic (exact) mass is 273 g/mol. The van der Waals surface area contributed by atoms with Crippen LogP contribution in [0.2, 0.25) is 0 Å². The lowest BCUT2D eigenvalue weighted by atomic mass is 10.0. The maximum atomic E-state index is 3.64. The fourth-order valence-electron chi connectivity index (χ4n) is 2.46. The van der Waals surface area contributed by atoms with E-state index in [1.165, 1.54) is 27.1 Å². The van der Waals surface area contributed by atoms with Crippen molar-refractivity contribution in [3.8, 4) is 0 Å². The first-order chi connectivity index (χ1) is 9.10. The molecular formula is C17H23NS. The molecule has 1 unspecified atom stereocenters. The Labute approximate surface area is 120 Å². The van der Waals surface area contributed by atoms with Gasteiger partial charge in [0, 0.05) is 17.5 Å². The van der Waals surface area contributed by atoms with Gasteiger partial charge in [0.05, 0.1) is 0 Å². The maximum Gasteiger partial charge on any atom is 0.0308 e. The summed E-state index contributed by atoms with van der Waals surface area (Å²) in [6.07, 6.45) is 1.12. The molecule has 0 radical (unpaired) electrons. The van der Waals surface area contributed by atoms with E-state index in [-0.39, 0.29) is 0 Å². The largest absolute Gasteiger partial charge is 0.305 e. The van der Waals surface area contributed by atoms with Crippen molar-refractivity contribution in [2.45, 2.75) is 46.7 Å². The molecule has 2 heteroatoms. The number of aryl methyl sites for hydroxylation is 3. The lowest BCUT2D eigenvalue weighted by Crippen LogP contribution is -2.18. The Hall–Kier alpha value is -1.12. The third-order valence-electron chi connectivity index (χ3n) is 3.53. The molecule has 1 nitrogen and oxygen atoms in total. The summed E-state index contributed by atoms with van der Waals surface area (Å²) in [7, 11) is 0. The summed E-state index contributed by atoms with van der Waals surface area (Å²) in [6, 6.07) is 9.42. The minimum atomic E-state index is 0.394. The number of thiophene rings is 1. The summed E-state index contributed by atoms with van der Waals surface area (Å²) in [6.45, 7) is 9.76. The highest BCUT2D eigenvalue weighted by Gasteiger charge is 2.08. The number of benzene rings is 1. The van der Waals surface area contributed by atoms with E-state index in [0.717, 1.165) is 13.0 Å². The molecule has 0 saturated heterocycles. The van der Waals surface area contributed by atoms with Crippen LogP contribution in [-0.4, -0.2) is 0 Å². The Morgan fingerprint density at radius 3 is 2.47 bits per heavy atom. The van der Waals surface area contributed by atoms with Gasteiger partial charge in [0.2, 0.25) is 0 Å². The summed E-state index contributed by atoms with van der Waals surface area (Å²) in [5.74, 6) is 0. The van der Waals surface area contributed by atoms with Crippen LogP contribution in [0.15, 0.2) is 29.6 Å². The summed E-state index contributed by atoms with van der Waals surface area (Å²) in [4.78, 5) is 1.47. The van der Waals surface area contributed by atoms with Crippen molar-refractivity contribution in [1.82, 2.24) is 5.32 Å². The molecule has 0 amide bonds. The number of hydrogen-bond acceptors (Lipinski definition) is 2. The molecule has 0 aliphatic rings. The van der Waals surface area contributed by atoms with E-state index >= 15 is 0 Å². The van der Waals surface area contributed by atoms with Crippen LogP contribution in [-0.2, 0) is 13.0 Å². The summed E-state index contributed by atoms with van der Waals surface area (Å²) >= 11 is 1.86. The molecule has 2 rings (SSSR count). The van der Waals surface area contributed by atoms with E-state index in [2.05, 4.69) is 62.7 Å². The molecular weight excluding hydrogens is 250 g/mol. The Morgan fingerprint density at radius 2 is 1.84 bits per heavy atom. The zero-order chi connectivity index (χ0) is 13.8. The molecule has 0 fully saturated rings. The van der Waals surface area contributed by atoms with Gasteiger partial charge >= 0.3 is 0 Å². The Kier molecular flexibility index (Phi) is 4.78. The van der Waals surface area contributed by atoms with Gasteiger partial charge in [-0.05, 0) is 49.8 Å². The second-order valence-corrected chi connectivity index (χ2v) is 6.25. The van der Waals surface area contributed by atoms with E-state index in [4.69, 9.17) is 0 Å². The van der Waals surface area contributed by atoms with Crippen LogP contribution in [0.1, 0.15) is 47.0 Å². The van der Waals surface area contributed by atoms with Crippen molar-refractivity contribution in [3.63, 3.8) is 0 Å². The van der Waals surface area contributed by atoms with Crippen molar-refractivity contribution >= 4 is 11.3 Å². The van der Waals surface area contributed by atoms with Crippen LogP contribution in [0.5, 0.6) is 0 Å². The molecule has 0 saturated carbocycles. The smallest absolute Gasteiger partial charge is 0.0308 e. The SMILES string of the molecule is CCc1ccsc1CNC(C)c1cc(C)cc(C)c1. The van der Waals surface area contributed by atoms with E-state index in [1.807, 2.05) is 11.3 Å². The van der Waals surface area contributed by atoms with Gasteiger partial charge < -0.3 is 5.32 Å². The molecule has 1 aromatic carbocycles. The Bertz CT molecular complexity index is 522. The second-order valence-electron chi connectivity index (χ2n) is 5.25. The minimum Gasteiger partial charge on any atom is -0.305 e. The predicted molar refractivity (Wildman–Crippen MR) is 84.9 cm³/mol. The average Bonchev–Trinajstić information content (AvgIpc) is 2.82. The van der Waals surface area contributed by atoms with Crippen molar-refractivity contribution in [2.75, 3.05) is 0 Å². The second kappa shape index (κ2) is 6.36. The molecule has 0 aliphatic carbocycles. The third kappa shape index (κ3) is 3.68. The quantitative estimate of drug-likeness (QED) is 0.827. The molecule has 0 spiro atoms. The zero-order valence-corrected chi connectivity index (χ0v) is 13.1. The van der Waals surface area contributed by atoms with Crippen LogP contribution in [0.25, 0.3) is 0 Å². The van der Waals surface area contributed by atoms with Gasteiger partial charge in [0.1, 0.15) is 0 Å². The maximum absolute atomic E-state index is 3.64. The van der Waals surface area contributed by atoms with Crippen molar-refractivity contribution < 1.29 is 0 Å². The average molecular weight is 273 g/mol. The number of nitrogens with one attached hydrogen (secondary N) is 1. The van der Waals surface area contributed by atoms with Gasteiger partial charge in [-0.1, -0.05) is 36.2 Å². The van der Waals surface area contributed by atoms with Gasteiger partial charge in [0.25, 0.3) is 0 Å². The molecule has 1 heterocycles. The van der Waals surface area contributed by atoms with Gasteiger partial charge in [-0.15, -0.1) is 11.3 Å². The minimum absolute atomic E-state index is 0.394. The summed E-state index contributed by atoms with van der Waals surface area (Å²) in [5.41, 5.74) is 5.54. The van der Waals surface area contributed by atoms with Gasteiger partial charge in [-0.2, -0.15) is 0 Å². The first kappa shape index (κ1) is 14.3. The van der Waals surface area contributed by atoms with Crippen LogP contribution >= 0.6 is 11.3 Å². The molecule has 1 aromatic heterocycles. The van der Waals surface area contributed by atoms with Gasteiger partial charge in [0.15, 0.2) is 0 Å². The van der Waals surface area contributed by atoms with E-state index < -0.39 is 0 Å². The van der Waals surface area contributed by atoms with Crippen LogP contribution in [0.4, 0.5) is 0 Å². The van der Waals surface area contributed by atoms with Crippen molar-refractivity contribution in [3.05, 3.63) is 56.8 Å². The summed E-state index contributed by atoms with van der Waals surface area (Å²) < 4.78 is 0. The number of rotatable bonds is 5. The van der Waals surface area contributed by atoms with Crippen molar-refractivity contribution in [2.24, 2.45) is 0 Å². The standard InChI is InChI=1S/C17H23NS/c1-5-15-6-7-19-17(15)11-18-14(4)16-9-12(2)8-13(3)10-16/h6-10,14,18H,5,11H2,1-4H3. The van der Waals surface area contributed by atoms with Crippen LogP contribution < -0.4 is 5.32 Å². The fraction of sp³-hybridized carbons (Fsp3) is 0.412. The molecule has 0 aliphatic heterocycles. The van der Waals surface area contributed by atoms with Gasteiger partial charge in [-0.25, -0.2) is 0 Å². The van der Waals surface area contributed by atoms with E-state index in [0.29, 0.717) is 6.04 Å². The fourth-order valence-corrected chi connectivity index (χ4v) is 3.39. The van der Waals surface area contributed by atoms with Gasteiger partial charge in [-0.3, -0.25) is 0 Å². The lowest BCUT2D eigenvalue weighted by Gasteiger charge is -2.16. The molecule has 102 valence electrons. The molecule has 2 aromatic rings. The van der Waals surface area contributed by atoms with E-state index in [1.54, 1.807) is 0 Å². The van der Waals surface area contributed by atoms with Crippen LogP contribution in [0, 0.1) is 13.8 Å². The normalized spacial score (nSPS) is 12.6. The molecule has 19 heavy (non-hydrogen) atoms. The first-order valence-electron chi connectivity index (χ1n) is 6.97. The topological polar surface area (TPSA) is 12.0 Å². The highest BCUT2D eigenvalue weighted by molar-refractivity contribution is 7.10. The Morgan fingerprint density at radius 1 is 1.16 bits per heavy atom. The Balaban J connectivity index is 2.03. The molecule has 1 atom stereocenters. The highest BCUT2D eigenvalue weighted by atomic mass is 32.1. The predicted octanol–water partition coefficient (Wildman–Crippen LogP) is 4.78. The summed E-state index contributed by atoms with van der Waals surface area (Å²) in [5, 5.41) is 5.83.